The fraction of sp³-hybridized carbons (Fsp3) is 0.455. The van der Waals surface area contributed by atoms with Crippen molar-refractivity contribution in [3.63, 3.8) is 0 Å². The van der Waals surface area contributed by atoms with Gasteiger partial charge in [-0.25, -0.2) is 0 Å². The molecule has 2 unspecified atom stereocenters. The first-order valence-corrected chi connectivity index (χ1v) is 5.19. The van der Waals surface area contributed by atoms with E-state index in [1.165, 1.54) is 12.0 Å². The van der Waals surface area contributed by atoms with Gasteiger partial charge in [0.2, 0.25) is 0 Å². The Morgan fingerprint density at radius 2 is 2.21 bits per heavy atom. The van der Waals surface area contributed by atoms with Gasteiger partial charge in [0.05, 0.1) is 12.1 Å². The van der Waals surface area contributed by atoms with E-state index in [0.29, 0.717) is 17.0 Å². The lowest BCUT2D eigenvalue weighted by molar-refractivity contribution is 0.344. The van der Waals surface area contributed by atoms with E-state index in [9.17, 15) is 0 Å². The molecular formula is C11H14ClNO. The predicted molar refractivity (Wildman–Crippen MR) is 58.0 cm³/mol. The molecular weight excluding hydrogens is 198 g/mol. The number of methoxy groups -OCH3 is 1. The summed E-state index contributed by atoms with van der Waals surface area (Å²) < 4.78 is 5.17. The Morgan fingerprint density at radius 1 is 1.43 bits per heavy atom. The van der Waals surface area contributed by atoms with Crippen molar-refractivity contribution in [1.82, 2.24) is 0 Å². The van der Waals surface area contributed by atoms with E-state index in [4.69, 9.17) is 22.1 Å². The maximum atomic E-state index is 5.94. The van der Waals surface area contributed by atoms with E-state index in [2.05, 4.69) is 0 Å². The van der Waals surface area contributed by atoms with Crippen molar-refractivity contribution in [3.8, 4) is 5.75 Å². The summed E-state index contributed by atoms with van der Waals surface area (Å²) >= 11 is 5.94. The van der Waals surface area contributed by atoms with E-state index >= 15 is 0 Å². The molecule has 0 bridgehead atoms. The molecule has 1 fully saturated rings. The van der Waals surface area contributed by atoms with Crippen LogP contribution in [0.25, 0.3) is 0 Å². The molecule has 1 aromatic carbocycles. The molecule has 0 heterocycles. The van der Waals surface area contributed by atoms with Gasteiger partial charge < -0.3 is 10.5 Å². The molecule has 0 aliphatic heterocycles. The van der Waals surface area contributed by atoms with Crippen molar-refractivity contribution in [3.05, 3.63) is 28.8 Å². The topological polar surface area (TPSA) is 35.2 Å². The van der Waals surface area contributed by atoms with Crippen LogP contribution in [-0.4, -0.2) is 13.2 Å². The molecule has 0 amide bonds. The third kappa shape index (κ3) is 1.60. The molecule has 3 heteroatoms. The Labute approximate surface area is 89.0 Å². The molecule has 0 aromatic heterocycles. The van der Waals surface area contributed by atoms with E-state index in [1.54, 1.807) is 7.11 Å². The molecule has 76 valence electrons. The summed E-state index contributed by atoms with van der Waals surface area (Å²) in [5.41, 5.74) is 7.15. The molecule has 14 heavy (non-hydrogen) atoms. The zero-order valence-corrected chi connectivity index (χ0v) is 8.92. The van der Waals surface area contributed by atoms with Crippen molar-refractivity contribution < 1.29 is 4.74 Å². The molecule has 1 saturated carbocycles. The minimum atomic E-state index is 0.306. The third-order valence-corrected chi connectivity index (χ3v) is 3.24. The maximum Gasteiger partial charge on any atom is 0.137 e. The molecule has 2 atom stereocenters. The fourth-order valence-corrected chi connectivity index (χ4v) is 2.04. The highest BCUT2D eigenvalue weighted by Crippen LogP contribution is 2.38. The molecule has 0 saturated heterocycles. The summed E-state index contributed by atoms with van der Waals surface area (Å²) in [6, 6.07) is 6.21. The Morgan fingerprint density at radius 3 is 2.71 bits per heavy atom. The van der Waals surface area contributed by atoms with Gasteiger partial charge in [0, 0.05) is 6.04 Å². The Bertz CT molecular complexity index is 340. The molecule has 2 rings (SSSR count). The van der Waals surface area contributed by atoms with Gasteiger partial charge in [0.1, 0.15) is 5.75 Å². The number of halogens is 1. The average molecular weight is 212 g/mol. The summed E-state index contributed by atoms with van der Waals surface area (Å²) in [4.78, 5) is 0. The summed E-state index contributed by atoms with van der Waals surface area (Å²) in [5, 5.41) is 0.657. The van der Waals surface area contributed by atoms with Crippen LogP contribution in [0.2, 0.25) is 5.02 Å². The average Bonchev–Trinajstić information content (AvgIpc) is 2.18. The zero-order valence-electron chi connectivity index (χ0n) is 8.16. The third-order valence-electron chi connectivity index (χ3n) is 2.93. The van der Waals surface area contributed by atoms with Gasteiger partial charge in [-0.1, -0.05) is 17.7 Å². The van der Waals surface area contributed by atoms with E-state index < -0.39 is 0 Å². The first-order chi connectivity index (χ1) is 6.72. The number of rotatable bonds is 2. The molecule has 1 aromatic rings. The lowest BCUT2D eigenvalue weighted by atomic mass is 9.76. The van der Waals surface area contributed by atoms with Crippen LogP contribution in [-0.2, 0) is 0 Å². The van der Waals surface area contributed by atoms with Gasteiger partial charge in [-0.15, -0.1) is 0 Å². The van der Waals surface area contributed by atoms with Crippen LogP contribution in [0.15, 0.2) is 18.2 Å². The van der Waals surface area contributed by atoms with Crippen molar-refractivity contribution in [2.75, 3.05) is 7.11 Å². The molecule has 0 spiro atoms. The summed E-state index contributed by atoms with van der Waals surface area (Å²) in [6.45, 7) is 0. The second kappa shape index (κ2) is 3.79. The highest BCUT2D eigenvalue weighted by molar-refractivity contribution is 6.32. The van der Waals surface area contributed by atoms with Gasteiger partial charge in [0.15, 0.2) is 0 Å². The van der Waals surface area contributed by atoms with E-state index in [0.717, 1.165) is 12.2 Å². The van der Waals surface area contributed by atoms with Crippen molar-refractivity contribution in [1.29, 1.82) is 0 Å². The number of ether oxygens (including phenoxy) is 1. The summed E-state index contributed by atoms with van der Waals surface area (Å²) in [5.74, 6) is 1.23. The zero-order chi connectivity index (χ0) is 10.1. The van der Waals surface area contributed by atoms with Crippen LogP contribution in [0.1, 0.15) is 24.3 Å². The number of hydrogen-bond donors (Lipinski definition) is 1. The fourth-order valence-electron chi connectivity index (χ4n) is 1.85. The van der Waals surface area contributed by atoms with Gasteiger partial charge in [-0.3, -0.25) is 0 Å². The first-order valence-electron chi connectivity index (χ1n) is 4.81. The predicted octanol–water partition coefficient (Wildman–Crippen LogP) is 2.55. The highest BCUT2D eigenvalue weighted by atomic mass is 35.5. The first kappa shape index (κ1) is 9.81. The van der Waals surface area contributed by atoms with Crippen LogP contribution < -0.4 is 10.5 Å². The lowest BCUT2D eigenvalue weighted by Crippen LogP contribution is -2.37. The monoisotopic (exact) mass is 211 g/mol. The number of hydrogen-bond acceptors (Lipinski definition) is 2. The number of nitrogens with two attached hydrogens (primary N) is 1. The lowest BCUT2D eigenvalue weighted by Gasteiger charge is -2.34. The van der Waals surface area contributed by atoms with Crippen LogP contribution in [0.3, 0.4) is 0 Å². The second-order valence-electron chi connectivity index (χ2n) is 3.74. The normalized spacial score (nSPS) is 25.6. The quantitative estimate of drug-likeness (QED) is 0.816. The molecule has 1 aliphatic rings. The molecule has 0 radical (unpaired) electrons. The molecule has 2 N–H and O–H groups in total. The highest BCUT2D eigenvalue weighted by Gasteiger charge is 2.29. The molecule has 1 aliphatic carbocycles. The van der Waals surface area contributed by atoms with Crippen molar-refractivity contribution in [2.24, 2.45) is 5.73 Å². The Kier molecular flexibility index (Phi) is 2.66. The SMILES string of the molecule is COc1cc(C2CCC2N)ccc1Cl. The smallest absolute Gasteiger partial charge is 0.137 e. The summed E-state index contributed by atoms with van der Waals surface area (Å²) in [7, 11) is 1.63. The second-order valence-corrected chi connectivity index (χ2v) is 4.15. The standard InChI is InChI=1S/C11H14ClNO/c1-14-11-6-7(2-4-9(11)12)8-3-5-10(8)13/h2,4,6,8,10H,3,5,13H2,1H3. The Hall–Kier alpha value is -0.730. The minimum Gasteiger partial charge on any atom is -0.495 e. The molecule has 2 nitrogen and oxygen atoms in total. The summed E-state index contributed by atoms with van der Waals surface area (Å²) in [6.07, 6.45) is 2.29. The van der Waals surface area contributed by atoms with E-state index in [1.807, 2.05) is 18.2 Å². The van der Waals surface area contributed by atoms with E-state index in [-0.39, 0.29) is 0 Å². The van der Waals surface area contributed by atoms with Gasteiger partial charge in [0.25, 0.3) is 0 Å². The van der Waals surface area contributed by atoms with Crippen LogP contribution in [0.5, 0.6) is 5.75 Å². The van der Waals surface area contributed by atoms with Crippen LogP contribution in [0.4, 0.5) is 0 Å². The number of benzene rings is 1. The minimum absolute atomic E-state index is 0.306. The maximum absolute atomic E-state index is 5.94. The van der Waals surface area contributed by atoms with Gasteiger partial charge in [-0.05, 0) is 36.5 Å². The Balaban J connectivity index is 2.26. The largest absolute Gasteiger partial charge is 0.495 e. The van der Waals surface area contributed by atoms with Crippen molar-refractivity contribution >= 4 is 11.6 Å². The van der Waals surface area contributed by atoms with Crippen molar-refractivity contribution in [2.45, 2.75) is 24.8 Å². The van der Waals surface area contributed by atoms with Crippen LogP contribution >= 0.6 is 11.6 Å². The van der Waals surface area contributed by atoms with Gasteiger partial charge in [-0.2, -0.15) is 0 Å². The van der Waals surface area contributed by atoms with Gasteiger partial charge >= 0.3 is 0 Å². The van der Waals surface area contributed by atoms with Crippen LogP contribution in [0, 0.1) is 0 Å².